The van der Waals surface area contributed by atoms with Crippen LogP contribution in [0.1, 0.15) is 23.1 Å². The van der Waals surface area contributed by atoms with E-state index in [2.05, 4.69) is 40.3 Å². The molecule has 19 heavy (non-hydrogen) atoms. The van der Waals surface area contributed by atoms with Gasteiger partial charge in [-0.25, -0.2) is 0 Å². The van der Waals surface area contributed by atoms with Crippen LogP contribution in [0.2, 0.25) is 0 Å². The molecule has 1 heterocycles. The van der Waals surface area contributed by atoms with Crippen LogP contribution in [0.4, 0.5) is 0 Å². The molecule has 0 saturated heterocycles. The molecule has 1 aromatic heterocycles. The van der Waals surface area contributed by atoms with Gasteiger partial charge >= 0.3 is 0 Å². The van der Waals surface area contributed by atoms with E-state index in [9.17, 15) is 0 Å². The van der Waals surface area contributed by atoms with Crippen molar-refractivity contribution in [2.45, 2.75) is 26.5 Å². The molecular formula is C15H18BrNOS. The molecule has 1 N–H and O–H groups in total. The first-order valence-corrected chi connectivity index (χ1v) is 8.06. The minimum absolute atomic E-state index is 0.626. The number of ether oxygens (including phenoxy) is 1. The van der Waals surface area contributed by atoms with Gasteiger partial charge in [-0.3, -0.25) is 0 Å². The summed E-state index contributed by atoms with van der Waals surface area (Å²) in [6.45, 7) is 4.83. The maximum absolute atomic E-state index is 5.80. The highest BCUT2D eigenvalue weighted by Gasteiger charge is 2.03. The van der Waals surface area contributed by atoms with Gasteiger partial charge in [0.15, 0.2) is 0 Å². The lowest BCUT2D eigenvalue weighted by molar-refractivity contribution is 0.308. The molecule has 0 atom stereocenters. The second-order valence-electron chi connectivity index (χ2n) is 4.26. The second kappa shape index (κ2) is 7.68. The summed E-state index contributed by atoms with van der Waals surface area (Å²) in [7, 11) is 0. The lowest BCUT2D eigenvalue weighted by Gasteiger charge is -2.06. The van der Waals surface area contributed by atoms with Crippen LogP contribution < -0.4 is 10.1 Å². The number of thiophene rings is 1. The Bertz CT molecular complexity index is 512. The number of rotatable bonds is 7. The zero-order valence-electron chi connectivity index (χ0n) is 11.0. The summed E-state index contributed by atoms with van der Waals surface area (Å²) in [6.07, 6.45) is 1.17. The number of nitrogens with one attached hydrogen (secondary N) is 1. The Balaban J connectivity index is 1.85. The topological polar surface area (TPSA) is 21.3 Å². The van der Waals surface area contributed by atoms with Crippen molar-refractivity contribution >= 4 is 27.3 Å². The Labute approximate surface area is 126 Å². The highest BCUT2D eigenvalue weighted by atomic mass is 79.9. The third-order valence-corrected chi connectivity index (χ3v) is 4.36. The average Bonchev–Trinajstić information content (AvgIpc) is 2.86. The minimum atomic E-state index is 0.626. The molecule has 1 aromatic carbocycles. The van der Waals surface area contributed by atoms with E-state index >= 15 is 0 Å². The Hall–Kier alpha value is -0.840. The van der Waals surface area contributed by atoms with Gasteiger partial charge in [0.2, 0.25) is 0 Å². The van der Waals surface area contributed by atoms with Crippen molar-refractivity contribution in [1.82, 2.24) is 5.32 Å². The first-order chi connectivity index (χ1) is 9.29. The van der Waals surface area contributed by atoms with E-state index in [0.717, 1.165) is 23.3 Å². The Kier molecular flexibility index (Phi) is 5.89. The van der Waals surface area contributed by atoms with Gasteiger partial charge < -0.3 is 10.1 Å². The molecule has 2 rings (SSSR count). The number of hydrogen-bond acceptors (Lipinski definition) is 3. The predicted octanol–water partition coefficient (Wildman–Crippen LogP) is 4.59. The van der Waals surface area contributed by atoms with Gasteiger partial charge in [-0.1, -0.05) is 19.1 Å². The van der Waals surface area contributed by atoms with Gasteiger partial charge in [0.05, 0.1) is 4.47 Å². The molecule has 102 valence electrons. The number of para-hydroxylation sites is 1. The van der Waals surface area contributed by atoms with Gasteiger partial charge in [-0.05, 0) is 53.2 Å². The SMILES string of the molecule is CCCNCc1ccc(COc2ccccc2Br)s1. The predicted molar refractivity (Wildman–Crippen MR) is 84.8 cm³/mol. The van der Waals surface area contributed by atoms with E-state index in [-0.39, 0.29) is 0 Å². The summed E-state index contributed by atoms with van der Waals surface area (Å²) in [6, 6.07) is 12.2. The maximum Gasteiger partial charge on any atom is 0.134 e. The second-order valence-corrected chi connectivity index (χ2v) is 6.37. The molecule has 0 amide bonds. The summed E-state index contributed by atoms with van der Waals surface area (Å²) in [5, 5.41) is 3.41. The zero-order chi connectivity index (χ0) is 13.5. The van der Waals surface area contributed by atoms with Crippen molar-refractivity contribution in [2.24, 2.45) is 0 Å². The van der Waals surface area contributed by atoms with Crippen LogP contribution in [0.25, 0.3) is 0 Å². The minimum Gasteiger partial charge on any atom is -0.487 e. The largest absolute Gasteiger partial charge is 0.487 e. The molecule has 0 aliphatic rings. The standard InChI is InChI=1S/C15H18BrNOS/c1-2-9-17-10-12-7-8-13(19-12)11-18-15-6-4-3-5-14(15)16/h3-8,17H,2,9-11H2,1H3. The van der Waals surface area contributed by atoms with Gasteiger partial charge in [-0.2, -0.15) is 0 Å². The van der Waals surface area contributed by atoms with Crippen molar-refractivity contribution in [2.75, 3.05) is 6.54 Å². The highest BCUT2D eigenvalue weighted by molar-refractivity contribution is 9.10. The third kappa shape index (κ3) is 4.64. The van der Waals surface area contributed by atoms with E-state index in [1.165, 1.54) is 16.2 Å². The van der Waals surface area contributed by atoms with Crippen LogP contribution in [-0.4, -0.2) is 6.54 Å². The van der Waals surface area contributed by atoms with Crippen LogP contribution in [-0.2, 0) is 13.2 Å². The summed E-state index contributed by atoms with van der Waals surface area (Å²) in [5.41, 5.74) is 0. The first kappa shape index (κ1) is 14.6. The van der Waals surface area contributed by atoms with E-state index < -0.39 is 0 Å². The lowest BCUT2D eigenvalue weighted by atomic mass is 10.3. The molecule has 0 radical (unpaired) electrons. The molecule has 0 fully saturated rings. The summed E-state index contributed by atoms with van der Waals surface area (Å²) < 4.78 is 6.80. The monoisotopic (exact) mass is 339 g/mol. The maximum atomic E-state index is 5.80. The van der Waals surface area contributed by atoms with Gasteiger partial charge in [-0.15, -0.1) is 11.3 Å². The van der Waals surface area contributed by atoms with Gasteiger partial charge in [0, 0.05) is 16.3 Å². The fraction of sp³-hybridized carbons (Fsp3) is 0.333. The van der Waals surface area contributed by atoms with Crippen molar-refractivity contribution < 1.29 is 4.74 Å². The number of halogens is 1. The van der Waals surface area contributed by atoms with Crippen molar-refractivity contribution in [3.63, 3.8) is 0 Å². The van der Waals surface area contributed by atoms with Crippen LogP contribution >= 0.6 is 27.3 Å². The fourth-order valence-electron chi connectivity index (χ4n) is 1.69. The van der Waals surface area contributed by atoms with E-state index in [4.69, 9.17) is 4.74 Å². The normalized spacial score (nSPS) is 10.6. The molecule has 4 heteroatoms. The third-order valence-electron chi connectivity index (χ3n) is 2.65. The van der Waals surface area contributed by atoms with E-state index in [1.807, 2.05) is 24.3 Å². The molecular weight excluding hydrogens is 322 g/mol. The zero-order valence-corrected chi connectivity index (χ0v) is 13.4. The van der Waals surface area contributed by atoms with Crippen molar-refractivity contribution in [3.8, 4) is 5.75 Å². The molecule has 0 aliphatic carbocycles. The van der Waals surface area contributed by atoms with Crippen LogP contribution in [0, 0.1) is 0 Å². The van der Waals surface area contributed by atoms with E-state index in [0.29, 0.717) is 6.61 Å². The van der Waals surface area contributed by atoms with Crippen LogP contribution in [0.5, 0.6) is 5.75 Å². The molecule has 0 unspecified atom stereocenters. The Morgan fingerprint density at radius 1 is 1.16 bits per heavy atom. The molecule has 0 spiro atoms. The molecule has 2 nitrogen and oxygen atoms in total. The first-order valence-electron chi connectivity index (χ1n) is 6.45. The summed E-state index contributed by atoms with van der Waals surface area (Å²) >= 11 is 5.29. The molecule has 0 aliphatic heterocycles. The van der Waals surface area contributed by atoms with Gasteiger partial charge in [0.1, 0.15) is 12.4 Å². The molecule has 0 saturated carbocycles. The van der Waals surface area contributed by atoms with Crippen molar-refractivity contribution in [3.05, 3.63) is 50.6 Å². The Morgan fingerprint density at radius 2 is 1.95 bits per heavy atom. The van der Waals surface area contributed by atoms with Crippen molar-refractivity contribution in [1.29, 1.82) is 0 Å². The number of benzene rings is 1. The smallest absolute Gasteiger partial charge is 0.134 e. The quantitative estimate of drug-likeness (QED) is 0.745. The van der Waals surface area contributed by atoms with Gasteiger partial charge in [0.25, 0.3) is 0 Å². The Morgan fingerprint density at radius 3 is 2.74 bits per heavy atom. The van der Waals surface area contributed by atoms with E-state index in [1.54, 1.807) is 11.3 Å². The lowest BCUT2D eigenvalue weighted by Crippen LogP contribution is -2.12. The molecule has 0 bridgehead atoms. The highest BCUT2D eigenvalue weighted by Crippen LogP contribution is 2.26. The summed E-state index contributed by atoms with van der Waals surface area (Å²) in [4.78, 5) is 2.61. The molecule has 2 aromatic rings. The van der Waals surface area contributed by atoms with Crippen LogP contribution in [0.3, 0.4) is 0 Å². The van der Waals surface area contributed by atoms with Crippen LogP contribution in [0.15, 0.2) is 40.9 Å². The fourth-order valence-corrected chi connectivity index (χ4v) is 2.99. The average molecular weight is 340 g/mol. The summed E-state index contributed by atoms with van der Waals surface area (Å²) in [5.74, 6) is 0.890. The number of hydrogen-bond donors (Lipinski definition) is 1.